The maximum atomic E-state index is 13.2. The lowest BCUT2D eigenvalue weighted by atomic mass is 9.90. The first-order chi connectivity index (χ1) is 20.0. The van der Waals surface area contributed by atoms with E-state index in [-0.39, 0.29) is 11.8 Å². The summed E-state index contributed by atoms with van der Waals surface area (Å²) in [5, 5.41) is 15.3. The third-order valence-corrected chi connectivity index (χ3v) is 7.08. The molecule has 7 nitrogen and oxygen atoms in total. The van der Waals surface area contributed by atoms with Crippen molar-refractivity contribution in [3.8, 4) is 5.75 Å². The zero-order valence-electron chi connectivity index (χ0n) is 22.7. The SMILES string of the molecule is CC1(COc2ccc(C(=CC=CC(=O)Nc3cccc4c3CC(O)C(=O)N4)c3ccc(C(F)(F)F)cc3)cc2)COC1. The van der Waals surface area contributed by atoms with Gasteiger partial charge in [-0.3, -0.25) is 9.59 Å². The number of fused-ring (bicyclic) bond motifs is 1. The average Bonchev–Trinajstić information content (AvgIpc) is 2.94. The summed E-state index contributed by atoms with van der Waals surface area (Å²) in [6.07, 6.45) is -1.17. The van der Waals surface area contributed by atoms with E-state index in [4.69, 9.17) is 9.47 Å². The van der Waals surface area contributed by atoms with Gasteiger partial charge in [-0.25, -0.2) is 0 Å². The Hall–Kier alpha value is -4.41. The summed E-state index contributed by atoms with van der Waals surface area (Å²) in [4.78, 5) is 24.5. The molecule has 0 aliphatic carbocycles. The Bertz CT molecular complexity index is 1530. The molecule has 218 valence electrons. The third-order valence-electron chi connectivity index (χ3n) is 7.08. The molecule has 2 heterocycles. The quantitative estimate of drug-likeness (QED) is 0.239. The highest BCUT2D eigenvalue weighted by Crippen LogP contribution is 2.33. The Labute approximate surface area is 240 Å². The van der Waals surface area contributed by atoms with Gasteiger partial charge in [0.25, 0.3) is 5.91 Å². The standard InChI is InChI=1S/C32H29F3N2O5/c1-31(17-41-18-31)19-42-23-14-10-21(11-15-23)24(20-8-12-22(13-9-20)32(33,34)35)4-2-7-29(39)36-26-5-3-6-27-25(26)16-28(38)30(40)37-27/h2-15,28,38H,16-19H2,1H3,(H,36,39)(H,37,40). The lowest BCUT2D eigenvalue weighted by molar-refractivity contribution is -0.137. The number of allylic oxidation sites excluding steroid dienone is 2. The first-order valence-corrected chi connectivity index (χ1v) is 13.3. The highest BCUT2D eigenvalue weighted by molar-refractivity contribution is 6.03. The van der Waals surface area contributed by atoms with Crippen molar-refractivity contribution in [2.75, 3.05) is 30.5 Å². The van der Waals surface area contributed by atoms with Gasteiger partial charge in [-0.1, -0.05) is 49.4 Å². The van der Waals surface area contributed by atoms with Crippen LogP contribution in [0.5, 0.6) is 5.75 Å². The van der Waals surface area contributed by atoms with Gasteiger partial charge >= 0.3 is 6.18 Å². The Kier molecular flexibility index (Phi) is 8.20. The fraction of sp³-hybridized carbons (Fsp3) is 0.250. The first-order valence-electron chi connectivity index (χ1n) is 13.3. The molecule has 5 rings (SSSR count). The Balaban J connectivity index is 1.36. The van der Waals surface area contributed by atoms with E-state index in [0.29, 0.717) is 59.2 Å². The van der Waals surface area contributed by atoms with Crippen molar-refractivity contribution >= 4 is 28.8 Å². The van der Waals surface area contributed by atoms with Crippen LogP contribution in [-0.4, -0.2) is 42.8 Å². The fourth-order valence-electron chi connectivity index (χ4n) is 4.67. The smallest absolute Gasteiger partial charge is 0.416 e. The van der Waals surface area contributed by atoms with Gasteiger partial charge in [0.05, 0.1) is 25.4 Å². The van der Waals surface area contributed by atoms with E-state index in [9.17, 15) is 27.9 Å². The molecule has 2 aliphatic heterocycles. The van der Waals surface area contributed by atoms with E-state index in [1.54, 1.807) is 36.4 Å². The van der Waals surface area contributed by atoms with Crippen LogP contribution in [0.3, 0.4) is 0 Å². The van der Waals surface area contributed by atoms with Gasteiger partial charge in [-0.05, 0) is 53.1 Å². The average molecular weight is 579 g/mol. The van der Waals surface area contributed by atoms with Crippen molar-refractivity contribution < 1.29 is 37.3 Å². The molecule has 2 aliphatic rings. The minimum atomic E-state index is -4.46. The number of carbonyl (C=O) groups is 2. The van der Waals surface area contributed by atoms with E-state index in [1.165, 1.54) is 24.3 Å². The van der Waals surface area contributed by atoms with Crippen molar-refractivity contribution in [3.05, 3.63) is 107 Å². The number of aliphatic hydroxyl groups excluding tert-OH is 1. The number of aliphatic hydroxyl groups is 1. The maximum Gasteiger partial charge on any atom is 0.416 e. The fourth-order valence-corrected chi connectivity index (χ4v) is 4.67. The van der Waals surface area contributed by atoms with Crippen LogP contribution in [0.4, 0.5) is 24.5 Å². The van der Waals surface area contributed by atoms with Gasteiger partial charge in [-0.2, -0.15) is 13.2 Å². The van der Waals surface area contributed by atoms with Crippen LogP contribution in [0.25, 0.3) is 5.57 Å². The molecular formula is C32H29F3N2O5. The number of alkyl halides is 3. The molecule has 1 atom stereocenters. The highest BCUT2D eigenvalue weighted by Gasteiger charge is 2.34. The lowest BCUT2D eigenvalue weighted by Crippen LogP contribution is -2.44. The van der Waals surface area contributed by atoms with E-state index >= 15 is 0 Å². The molecule has 1 saturated heterocycles. The van der Waals surface area contributed by atoms with Crippen LogP contribution >= 0.6 is 0 Å². The van der Waals surface area contributed by atoms with E-state index in [0.717, 1.165) is 12.1 Å². The monoisotopic (exact) mass is 578 g/mol. The lowest BCUT2D eigenvalue weighted by Gasteiger charge is -2.37. The summed E-state index contributed by atoms with van der Waals surface area (Å²) in [5.41, 5.74) is 2.63. The van der Waals surface area contributed by atoms with E-state index in [2.05, 4.69) is 17.6 Å². The number of nitrogens with one attached hydrogen (secondary N) is 2. The van der Waals surface area contributed by atoms with Crippen molar-refractivity contribution in [1.29, 1.82) is 0 Å². The molecule has 0 aromatic heterocycles. The Morgan fingerprint density at radius 1 is 1.10 bits per heavy atom. The minimum Gasteiger partial charge on any atom is -0.493 e. The summed E-state index contributed by atoms with van der Waals surface area (Å²) in [6.45, 7) is 3.85. The molecule has 0 bridgehead atoms. The molecule has 3 aromatic rings. The molecule has 3 N–H and O–H groups in total. The molecular weight excluding hydrogens is 549 g/mol. The molecule has 42 heavy (non-hydrogen) atoms. The van der Waals surface area contributed by atoms with E-state index < -0.39 is 29.7 Å². The Morgan fingerprint density at radius 2 is 1.76 bits per heavy atom. The van der Waals surface area contributed by atoms with Crippen molar-refractivity contribution in [2.45, 2.75) is 25.6 Å². The van der Waals surface area contributed by atoms with Gasteiger partial charge in [0, 0.05) is 34.9 Å². The van der Waals surface area contributed by atoms with Crippen LogP contribution in [0, 0.1) is 5.41 Å². The van der Waals surface area contributed by atoms with Crippen LogP contribution in [0.15, 0.2) is 85.0 Å². The van der Waals surface area contributed by atoms with E-state index in [1.807, 2.05) is 12.1 Å². The molecule has 1 fully saturated rings. The van der Waals surface area contributed by atoms with Crippen LogP contribution in [0.1, 0.15) is 29.2 Å². The number of amides is 2. The summed E-state index contributed by atoms with van der Waals surface area (Å²) in [6, 6.07) is 17.0. The first kappa shape index (κ1) is 29.1. The Morgan fingerprint density at radius 3 is 2.38 bits per heavy atom. The zero-order valence-corrected chi connectivity index (χ0v) is 22.7. The number of hydrogen-bond donors (Lipinski definition) is 3. The number of rotatable bonds is 8. The second-order valence-electron chi connectivity index (χ2n) is 10.7. The summed E-state index contributed by atoms with van der Waals surface area (Å²) in [5.74, 6) is -0.315. The number of benzene rings is 3. The number of anilines is 2. The predicted octanol–water partition coefficient (Wildman–Crippen LogP) is 5.60. The number of halogens is 3. The van der Waals surface area contributed by atoms with Gasteiger partial charge in [0.15, 0.2) is 0 Å². The summed E-state index contributed by atoms with van der Waals surface area (Å²) in [7, 11) is 0. The minimum absolute atomic E-state index is 0.0257. The normalized spacial score (nSPS) is 18.2. The largest absolute Gasteiger partial charge is 0.493 e. The summed E-state index contributed by atoms with van der Waals surface area (Å²) < 4.78 is 50.6. The number of hydrogen-bond acceptors (Lipinski definition) is 5. The van der Waals surface area contributed by atoms with Gasteiger partial charge in [-0.15, -0.1) is 0 Å². The van der Waals surface area contributed by atoms with Gasteiger partial charge in [0.2, 0.25) is 5.91 Å². The molecule has 0 spiro atoms. The van der Waals surface area contributed by atoms with Crippen LogP contribution < -0.4 is 15.4 Å². The summed E-state index contributed by atoms with van der Waals surface area (Å²) >= 11 is 0. The predicted molar refractivity (Wildman–Crippen MR) is 152 cm³/mol. The molecule has 3 aromatic carbocycles. The zero-order chi connectivity index (χ0) is 29.9. The molecule has 0 radical (unpaired) electrons. The van der Waals surface area contributed by atoms with Crippen LogP contribution in [0.2, 0.25) is 0 Å². The van der Waals surface area contributed by atoms with Crippen molar-refractivity contribution in [1.82, 2.24) is 0 Å². The van der Waals surface area contributed by atoms with Crippen LogP contribution in [-0.2, 0) is 26.9 Å². The second kappa shape index (κ2) is 11.8. The number of ether oxygens (including phenoxy) is 2. The molecule has 10 heteroatoms. The van der Waals surface area contributed by atoms with Crippen molar-refractivity contribution in [2.24, 2.45) is 5.41 Å². The second-order valence-corrected chi connectivity index (χ2v) is 10.7. The number of carbonyl (C=O) groups excluding carboxylic acids is 2. The molecule has 0 saturated carbocycles. The van der Waals surface area contributed by atoms with Crippen molar-refractivity contribution in [3.63, 3.8) is 0 Å². The third kappa shape index (κ3) is 6.72. The maximum absolute atomic E-state index is 13.2. The van der Waals surface area contributed by atoms with Gasteiger partial charge in [0.1, 0.15) is 11.9 Å². The molecule has 2 amide bonds. The topological polar surface area (TPSA) is 96.9 Å². The highest BCUT2D eigenvalue weighted by atomic mass is 19.4. The van der Waals surface area contributed by atoms with Gasteiger partial charge < -0.3 is 25.2 Å². The molecule has 1 unspecified atom stereocenters.